The van der Waals surface area contributed by atoms with Crippen molar-refractivity contribution in [1.82, 2.24) is 4.98 Å². The molecule has 1 N–H and O–H groups in total. The zero-order valence-electron chi connectivity index (χ0n) is 11.9. The maximum absolute atomic E-state index is 12.1. The van der Waals surface area contributed by atoms with Gasteiger partial charge in [0.05, 0.1) is 5.69 Å². The van der Waals surface area contributed by atoms with Crippen molar-refractivity contribution in [2.45, 2.75) is 26.7 Å². The van der Waals surface area contributed by atoms with Crippen molar-refractivity contribution in [3.05, 3.63) is 57.3 Å². The number of aryl methyl sites for hydroxylation is 3. The highest BCUT2D eigenvalue weighted by molar-refractivity contribution is 6.34. The first-order valence-corrected chi connectivity index (χ1v) is 7.40. The van der Waals surface area contributed by atoms with Crippen LogP contribution in [0.15, 0.2) is 30.3 Å². The van der Waals surface area contributed by atoms with E-state index in [0.717, 1.165) is 5.56 Å². The number of rotatable bonds is 4. The lowest BCUT2D eigenvalue weighted by molar-refractivity contribution is -0.116. The molecular formula is C16H16Cl2N2O. The van der Waals surface area contributed by atoms with E-state index in [1.165, 1.54) is 11.1 Å². The van der Waals surface area contributed by atoms with Crippen LogP contribution in [-0.4, -0.2) is 10.9 Å². The van der Waals surface area contributed by atoms with Gasteiger partial charge in [0.25, 0.3) is 0 Å². The highest BCUT2D eigenvalue weighted by atomic mass is 35.5. The third-order valence-corrected chi connectivity index (χ3v) is 3.76. The Morgan fingerprint density at radius 3 is 2.57 bits per heavy atom. The van der Waals surface area contributed by atoms with Gasteiger partial charge < -0.3 is 5.32 Å². The lowest BCUT2D eigenvalue weighted by atomic mass is 10.0. The number of carbonyl (C=O) groups is 1. The Hall–Kier alpha value is -1.58. The number of nitrogens with one attached hydrogen (secondary N) is 1. The van der Waals surface area contributed by atoms with Crippen LogP contribution in [0.1, 0.15) is 23.1 Å². The Kier molecular flexibility index (Phi) is 5.21. The van der Waals surface area contributed by atoms with Gasteiger partial charge >= 0.3 is 0 Å². The van der Waals surface area contributed by atoms with Gasteiger partial charge in [0.2, 0.25) is 5.91 Å². The highest BCUT2D eigenvalue weighted by Gasteiger charge is 2.11. The Morgan fingerprint density at radius 2 is 1.90 bits per heavy atom. The second kappa shape index (κ2) is 6.92. The van der Waals surface area contributed by atoms with Crippen LogP contribution in [0.4, 0.5) is 5.69 Å². The molecule has 2 aromatic rings. The Bertz CT molecular complexity index is 648. The van der Waals surface area contributed by atoms with Crippen molar-refractivity contribution in [3.8, 4) is 0 Å². The molecule has 0 atom stereocenters. The van der Waals surface area contributed by atoms with Gasteiger partial charge in [0.1, 0.15) is 5.15 Å². The Labute approximate surface area is 134 Å². The molecule has 0 fully saturated rings. The van der Waals surface area contributed by atoms with E-state index >= 15 is 0 Å². The molecule has 1 aromatic carbocycles. The second-order valence-electron chi connectivity index (χ2n) is 4.90. The van der Waals surface area contributed by atoms with Crippen LogP contribution in [0, 0.1) is 13.8 Å². The minimum Gasteiger partial charge on any atom is -0.323 e. The molecule has 0 spiro atoms. The summed E-state index contributed by atoms with van der Waals surface area (Å²) in [4.78, 5) is 16.0. The van der Waals surface area contributed by atoms with E-state index in [2.05, 4.69) is 10.3 Å². The van der Waals surface area contributed by atoms with Gasteiger partial charge in [0, 0.05) is 6.42 Å². The number of halogens is 2. The summed E-state index contributed by atoms with van der Waals surface area (Å²) in [5.74, 6) is -0.0904. The van der Waals surface area contributed by atoms with Gasteiger partial charge in [0.15, 0.2) is 5.15 Å². The quantitative estimate of drug-likeness (QED) is 0.837. The number of anilines is 1. The summed E-state index contributed by atoms with van der Waals surface area (Å²) in [5, 5.41) is 3.33. The number of hydrogen-bond donors (Lipinski definition) is 1. The monoisotopic (exact) mass is 322 g/mol. The molecule has 0 radical (unpaired) electrons. The average molecular weight is 323 g/mol. The standard InChI is InChI=1S/C16H16Cl2N2O/c1-10-5-3-4-6-12(10)7-8-14(21)20-15-11(2)9-13(17)19-16(15)18/h3-6,9H,7-8H2,1-2H3,(H,20,21). The summed E-state index contributed by atoms with van der Waals surface area (Å²) in [5.41, 5.74) is 3.68. The molecule has 110 valence electrons. The molecule has 21 heavy (non-hydrogen) atoms. The molecule has 0 saturated carbocycles. The number of pyridine rings is 1. The average Bonchev–Trinajstić information content (AvgIpc) is 2.42. The zero-order chi connectivity index (χ0) is 15.4. The molecule has 0 saturated heterocycles. The van der Waals surface area contributed by atoms with Gasteiger partial charge in [-0.1, -0.05) is 47.5 Å². The molecule has 1 aromatic heterocycles. The predicted molar refractivity (Wildman–Crippen MR) is 87.1 cm³/mol. The van der Waals surface area contributed by atoms with E-state index < -0.39 is 0 Å². The first kappa shape index (κ1) is 15.8. The molecule has 1 amide bonds. The summed E-state index contributed by atoms with van der Waals surface area (Å²) in [6, 6.07) is 9.71. The van der Waals surface area contributed by atoms with E-state index in [0.29, 0.717) is 23.7 Å². The van der Waals surface area contributed by atoms with Gasteiger partial charge in [-0.3, -0.25) is 4.79 Å². The number of carbonyl (C=O) groups excluding carboxylic acids is 1. The normalized spacial score (nSPS) is 10.5. The van der Waals surface area contributed by atoms with E-state index in [4.69, 9.17) is 23.2 Å². The number of benzene rings is 1. The maximum atomic E-state index is 12.1. The van der Waals surface area contributed by atoms with Crippen molar-refractivity contribution in [1.29, 1.82) is 0 Å². The molecular weight excluding hydrogens is 307 g/mol. The van der Waals surface area contributed by atoms with Gasteiger partial charge in [-0.25, -0.2) is 4.98 Å². The van der Waals surface area contributed by atoms with Gasteiger partial charge in [-0.15, -0.1) is 0 Å². The predicted octanol–water partition coefficient (Wildman–Crippen LogP) is 4.58. The SMILES string of the molecule is Cc1ccccc1CCC(=O)Nc1c(C)cc(Cl)nc1Cl. The fourth-order valence-electron chi connectivity index (χ4n) is 2.09. The minimum atomic E-state index is -0.0904. The molecule has 0 unspecified atom stereocenters. The van der Waals surface area contributed by atoms with Crippen molar-refractivity contribution >= 4 is 34.8 Å². The van der Waals surface area contributed by atoms with Crippen LogP contribution < -0.4 is 5.32 Å². The number of amides is 1. The Morgan fingerprint density at radius 1 is 1.19 bits per heavy atom. The summed E-state index contributed by atoms with van der Waals surface area (Å²) >= 11 is 11.8. The second-order valence-corrected chi connectivity index (χ2v) is 5.65. The summed E-state index contributed by atoms with van der Waals surface area (Å²) in [6.45, 7) is 3.87. The van der Waals surface area contributed by atoms with Crippen molar-refractivity contribution in [3.63, 3.8) is 0 Å². The van der Waals surface area contributed by atoms with Crippen LogP contribution in [0.5, 0.6) is 0 Å². The van der Waals surface area contributed by atoms with Crippen LogP contribution in [0.2, 0.25) is 10.3 Å². The van der Waals surface area contributed by atoms with Crippen LogP contribution in [0.25, 0.3) is 0 Å². The van der Waals surface area contributed by atoms with Crippen molar-refractivity contribution in [2.24, 2.45) is 0 Å². The molecule has 2 rings (SSSR count). The third-order valence-electron chi connectivity index (χ3n) is 3.29. The third kappa shape index (κ3) is 4.19. The topological polar surface area (TPSA) is 42.0 Å². The lowest BCUT2D eigenvalue weighted by Crippen LogP contribution is -2.14. The van der Waals surface area contributed by atoms with Crippen LogP contribution >= 0.6 is 23.2 Å². The largest absolute Gasteiger partial charge is 0.323 e. The first-order chi connectivity index (χ1) is 9.97. The van der Waals surface area contributed by atoms with E-state index in [1.54, 1.807) is 6.07 Å². The minimum absolute atomic E-state index is 0.0904. The Balaban J connectivity index is 2.01. The number of aromatic nitrogens is 1. The molecule has 0 aliphatic heterocycles. The lowest BCUT2D eigenvalue weighted by Gasteiger charge is -2.11. The fourth-order valence-corrected chi connectivity index (χ4v) is 2.67. The smallest absolute Gasteiger partial charge is 0.224 e. The van der Waals surface area contributed by atoms with E-state index in [9.17, 15) is 4.79 Å². The summed E-state index contributed by atoms with van der Waals surface area (Å²) < 4.78 is 0. The van der Waals surface area contributed by atoms with Crippen molar-refractivity contribution < 1.29 is 4.79 Å². The van der Waals surface area contributed by atoms with Gasteiger partial charge in [-0.05, 0) is 43.0 Å². The molecule has 5 heteroatoms. The number of nitrogens with zero attached hydrogens (tertiary/aromatic N) is 1. The molecule has 0 aliphatic carbocycles. The molecule has 1 heterocycles. The van der Waals surface area contributed by atoms with Crippen LogP contribution in [0.3, 0.4) is 0 Å². The van der Waals surface area contributed by atoms with E-state index in [1.807, 2.05) is 38.1 Å². The number of hydrogen-bond acceptors (Lipinski definition) is 2. The zero-order valence-corrected chi connectivity index (χ0v) is 13.4. The maximum Gasteiger partial charge on any atom is 0.224 e. The fraction of sp³-hybridized carbons (Fsp3) is 0.250. The highest BCUT2D eigenvalue weighted by Crippen LogP contribution is 2.26. The molecule has 0 bridgehead atoms. The van der Waals surface area contributed by atoms with Crippen molar-refractivity contribution in [2.75, 3.05) is 5.32 Å². The summed E-state index contributed by atoms with van der Waals surface area (Å²) in [7, 11) is 0. The molecule has 0 aliphatic rings. The summed E-state index contributed by atoms with van der Waals surface area (Å²) in [6.07, 6.45) is 1.08. The molecule has 3 nitrogen and oxygen atoms in total. The first-order valence-electron chi connectivity index (χ1n) is 6.64. The van der Waals surface area contributed by atoms with E-state index in [-0.39, 0.29) is 11.1 Å². The van der Waals surface area contributed by atoms with Gasteiger partial charge in [-0.2, -0.15) is 0 Å². The van der Waals surface area contributed by atoms with Crippen LogP contribution in [-0.2, 0) is 11.2 Å².